The first-order chi connectivity index (χ1) is 13.3. The molecule has 1 aliphatic heterocycles. The maximum atomic E-state index is 13.0. The molecule has 2 N–H and O–H groups in total. The van der Waals surface area contributed by atoms with Crippen LogP contribution in [0.1, 0.15) is 38.4 Å². The third kappa shape index (κ3) is 3.16. The summed E-state index contributed by atoms with van der Waals surface area (Å²) >= 11 is 3.42. The third-order valence-electron chi connectivity index (χ3n) is 5.12. The summed E-state index contributed by atoms with van der Waals surface area (Å²) in [7, 11) is 0. The molecule has 0 radical (unpaired) electrons. The molecule has 1 aromatic carbocycles. The largest absolute Gasteiger partial charge is 0.460 e. The molecule has 2 aromatic rings. The topological polar surface area (TPSA) is 89.2 Å². The van der Waals surface area contributed by atoms with Crippen molar-refractivity contribution in [2.45, 2.75) is 32.6 Å². The number of nitrogens with zero attached hydrogens (tertiary/aromatic N) is 1. The minimum Gasteiger partial charge on any atom is -0.460 e. The lowest BCUT2D eigenvalue weighted by atomic mass is 9.71. The van der Waals surface area contributed by atoms with Crippen LogP contribution in [0, 0.1) is 16.7 Å². The van der Waals surface area contributed by atoms with E-state index < -0.39 is 5.92 Å². The average molecular weight is 439 g/mol. The minimum atomic E-state index is -0.637. The van der Waals surface area contributed by atoms with Gasteiger partial charge in [-0.25, -0.2) is 0 Å². The Hall–Kier alpha value is -2.78. The number of rotatable bonds is 2. The van der Waals surface area contributed by atoms with E-state index >= 15 is 0 Å². The summed E-state index contributed by atoms with van der Waals surface area (Å²) in [6, 6.07) is 13.5. The number of allylic oxidation sites excluding steroid dienone is 3. The molecule has 0 fully saturated rings. The van der Waals surface area contributed by atoms with E-state index in [2.05, 4.69) is 22.0 Å². The zero-order valence-corrected chi connectivity index (χ0v) is 17.2. The summed E-state index contributed by atoms with van der Waals surface area (Å²) in [6.45, 7) is 4.04. The molecule has 2 aliphatic rings. The molecule has 0 saturated carbocycles. The number of nitriles is 1. The van der Waals surface area contributed by atoms with Gasteiger partial charge in [0.05, 0.1) is 5.92 Å². The number of carbonyl (C=O) groups excluding carboxylic acids is 1. The zero-order valence-electron chi connectivity index (χ0n) is 15.6. The van der Waals surface area contributed by atoms with Crippen LogP contribution >= 0.6 is 15.9 Å². The Balaban J connectivity index is 1.81. The molecule has 1 aromatic heterocycles. The van der Waals surface area contributed by atoms with Crippen LogP contribution < -0.4 is 5.73 Å². The van der Waals surface area contributed by atoms with E-state index in [1.165, 1.54) is 0 Å². The highest BCUT2D eigenvalue weighted by Crippen LogP contribution is 2.48. The lowest BCUT2D eigenvalue weighted by molar-refractivity contribution is -0.119. The molecular weight excluding hydrogens is 420 g/mol. The van der Waals surface area contributed by atoms with Crippen LogP contribution in [-0.4, -0.2) is 5.78 Å². The number of halogens is 1. The van der Waals surface area contributed by atoms with Gasteiger partial charge in [-0.3, -0.25) is 4.79 Å². The standard InChI is InChI=1S/C22H19BrN2O3/c1-22(2)9-15(26)20-18(10-22)28-21(25)14(11-24)19(20)17-8-7-16(27-17)12-3-5-13(23)6-4-12/h3-8,19H,9-10,25H2,1-2H3/t19-/m1/s1. The van der Waals surface area contributed by atoms with E-state index in [0.717, 1.165) is 10.0 Å². The molecule has 0 spiro atoms. The first-order valence-corrected chi connectivity index (χ1v) is 9.78. The van der Waals surface area contributed by atoms with Crippen molar-refractivity contribution < 1.29 is 13.9 Å². The fourth-order valence-corrected chi connectivity index (χ4v) is 4.11. The Labute approximate surface area is 171 Å². The van der Waals surface area contributed by atoms with Crippen LogP contribution in [0.25, 0.3) is 11.3 Å². The number of nitrogens with two attached hydrogens (primary N) is 1. The van der Waals surface area contributed by atoms with Crippen LogP contribution in [0.5, 0.6) is 0 Å². The smallest absolute Gasteiger partial charge is 0.205 e. The second kappa shape index (κ2) is 6.68. The number of ether oxygens (including phenoxy) is 1. The minimum absolute atomic E-state index is 0.0295. The number of Topliss-reactive ketones (excluding diaryl/α,β-unsaturated/α-hetero) is 1. The van der Waals surface area contributed by atoms with Gasteiger partial charge in [0.2, 0.25) is 5.88 Å². The predicted octanol–water partition coefficient (Wildman–Crippen LogP) is 5.16. The molecule has 6 heteroatoms. The maximum absolute atomic E-state index is 13.0. The SMILES string of the molecule is CC1(C)CC(=O)C2=C(C1)OC(N)=C(C#N)[C@@H]2c1ccc(-c2ccc(Br)cc2)o1. The van der Waals surface area contributed by atoms with Crippen molar-refractivity contribution >= 4 is 21.7 Å². The molecule has 142 valence electrons. The lowest BCUT2D eigenvalue weighted by Gasteiger charge is -2.36. The summed E-state index contributed by atoms with van der Waals surface area (Å²) in [6.07, 6.45) is 0.981. The molecule has 4 rings (SSSR count). The van der Waals surface area contributed by atoms with Gasteiger partial charge < -0.3 is 14.9 Å². The molecule has 2 heterocycles. The molecule has 0 unspecified atom stereocenters. The summed E-state index contributed by atoms with van der Waals surface area (Å²) in [5.41, 5.74) is 7.43. The van der Waals surface area contributed by atoms with Crippen molar-refractivity contribution in [1.29, 1.82) is 5.26 Å². The Kier molecular flexibility index (Phi) is 4.43. The maximum Gasteiger partial charge on any atom is 0.205 e. The second-order valence-electron chi connectivity index (χ2n) is 7.91. The summed E-state index contributed by atoms with van der Waals surface area (Å²) in [4.78, 5) is 13.0. The van der Waals surface area contributed by atoms with Gasteiger partial charge in [-0.15, -0.1) is 0 Å². The van der Waals surface area contributed by atoms with Crippen LogP contribution in [0.2, 0.25) is 0 Å². The fraction of sp³-hybridized carbons (Fsp3) is 0.273. The van der Waals surface area contributed by atoms with Gasteiger partial charge in [0.25, 0.3) is 0 Å². The van der Waals surface area contributed by atoms with Crippen molar-refractivity contribution in [3.05, 3.63) is 69.4 Å². The number of benzene rings is 1. The van der Waals surface area contributed by atoms with Crippen molar-refractivity contribution in [1.82, 2.24) is 0 Å². The molecule has 1 atom stereocenters. The Morgan fingerprint density at radius 2 is 1.89 bits per heavy atom. The van der Waals surface area contributed by atoms with Gasteiger partial charge in [0.15, 0.2) is 5.78 Å². The summed E-state index contributed by atoms with van der Waals surface area (Å²) < 4.78 is 12.8. The van der Waals surface area contributed by atoms with Crippen molar-refractivity contribution in [2.75, 3.05) is 0 Å². The summed E-state index contributed by atoms with van der Waals surface area (Å²) in [5.74, 6) is 1.10. The van der Waals surface area contributed by atoms with E-state index in [4.69, 9.17) is 14.9 Å². The normalized spacial score (nSPS) is 21.2. The fourth-order valence-electron chi connectivity index (χ4n) is 3.85. The van der Waals surface area contributed by atoms with Crippen LogP contribution in [-0.2, 0) is 9.53 Å². The predicted molar refractivity (Wildman–Crippen MR) is 108 cm³/mol. The van der Waals surface area contributed by atoms with Crippen molar-refractivity contribution in [2.24, 2.45) is 11.1 Å². The number of furan rings is 1. The molecular formula is C22H19BrN2O3. The Bertz CT molecular complexity index is 1070. The zero-order chi connectivity index (χ0) is 20.1. The van der Waals surface area contributed by atoms with Gasteiger partial charge in [0, 0.05) is 28.5 Å². The van der Waals surface area contributed by atoms with Gasteiger partial charge in [-0.2, -0.15) is 5.26 Å². The van der Waals surface area contributed by atoms with E-state index in [9.17, 15) is 10.1 Å². The quantitative estimate of drug-likeness (QED) is 0.698. The second-order valence-corrected chi connectivity index (χ2v) is 8.83. The van der Waals surface area contributed by atoms with E-state index in [1.54, 1.807) is 6.07 Å². The number of carbonyl (C=O) groups is 1. The first kappa shape index (κ1) is 18.6. The van der Waals surface area contributed by atoms with Crippen molar-refractivity contribution in [3.63, 3.8) is 0 Å². The lowest BCUT2D eigenvalue weighted by Crippen LogP contribution is -2.33. The average Bonchev–Trinajstić information content (AvgIpc) is 3.09. The number of hydrogen-bond donors (Lipinski definition) is 1. The van der Waals surface area contributed by atoms with Crippen LogP contribution in [0.3, 0.4) is 0 Å². The highest BCUT2D eigenvalue weighted by Gasteiger charge is 2.44. The van der Waals surface area contributed by atoms with E-state index in [1.807, 2.05) is 44.2 Å². The molecule has 0 amide bonds. The van der Waals surface area contributed by atoms with Crippen LogP contribution in [0.4, 0.5) is 0 Å². The van der Waals surface area contributed by atoms with Gasteiger partial charge in [-0.1, -0.05) is 41.9 Å². The molecule has 0 bridgehead atoms. The highest BCUT2D eigenvalue weighted by molar-refractivity contribution is 9.10. The van der Waals surface area contributed by atoms with Crippen molar-refractivity contribution in [3.8, 4) is 17.4 Å². The molecule has 0 saturated heterocycles. The third-order valence-corrected chi connectivity index (χ3v) is 5.64. The Morgan fingerprint density at radius 1 is 1.18 bits per heavy atom. The Morgan fingerprint density at radius 3 is 2.57 bits per heavy atom. The molecule has 5 nitrogen and oxygen atoms in total. The van der Waals surface area contributed by atoms with E-state index in [0.29, 0.717) is 35.7 Å². The van der Waals surface area contributed by atoms with Gasteiger partial charge in [-0.05, 0) is 29.7 Å². The van der Waals surface area contributed by atoms with Crippen LogP contribution in [0.15, 0.2) is 68.1 Å². The summed E-state index contributed by atoms with van der Waals surface area (Å²) in [5, 5.41) is 9.68. The van der Waals surface area contributed by atoms with Gasteiger partial charge in [0.1, 0.15) is 28.9 Å². The number of ketones is 1. The van der Waals surface area contributed by atoms with E-state index in [-0.39, 0.29) is 22.7 Å². The molecule has 1 aliphatic carbocycles. The number of hydrogen-bond acceptors (Lipinski definition) is 5. The highest BCUT2D eigenvalue weighted by atomic mass is 79.9. The molecule has 28 heavy (non-hydrogen) atoms. The monoisotopic (exact) mass is 438 g/mol. The van der Waals surface area contributed by atoms with Gasteiger partial charge >= 0.3 is 0 Å². The first-order valence-electron chi connectivity index (χ1n) is 8.98.